The summed E-state index contributed by atoms with van der Waals surface area (Å²) in [4.78, 5) is 0. The van der Waals surface area contributed by atoms with Crippen LogP contribution in [-0.4, -0.2) is 6.61 Å². The van der Waals surface area contributed by atoms with Gasteiger partial charge in [0.1, 0.15) is 6.10 Å². The number of hydrogen-bond donors (Lipinski definition) is 0. The number of rotatable bonds is 2. The second-order valence-corrected chi connectivity index (χ2v) is 3.78. The van der Waals surface area contributed by atoms with Crippen LogP contribution in [0, 0.1) is 0 Å². The van der Waals surface area contributed by atoms with Gasteiger partial charge < -0.3 is 4.74 Å². The van der Waals surface area contributed by atoms with E-state index in [0.29, 0.717) is 12.0 Å². The number of ether oxygens (including phenoxy) is 1. The first-order chi connectivity index (χ1) is 6.93. The van der Waals surface area contributed by atoms with Gasteiger partial charge in [0.2, 0.25) is 0 Å². The fourth-order valence-corrected chi connectivity index (χ4v) is 1.83. The molecule has 1 heterocycles. The number of benzene rings is 1. The van der Waals surface area contributed by atoms with E-state index in [-0.39, 0.29) is 0 Å². The lowest BCUT2D eigenvalue weighted by atomic mass is 9.99. The third kappa shape index (κ3) is 1.40. The summed E-state index contributed by atoms with van der Waals surface area (Å²) in [6.45, 7) is 0.891. The maximum atomic E-state index is 5.23. The fourth-order valence-electron chi connectivity index (χ4n) is 1.83. The topological polar surface area (TPSA) is 12.5 Å². The van der Waals surface area contributed by atoms with Crippen LogP contribution >= 0.6 is 0 Å². The summed E-state index contributed by atoms with van der Waals surface area (Å²) >= 11 is 0. The van der Waals surface area contributed by atoms with E-state index in [1.807, 2.05) is 0 Å². The van der Waals surface area contributed by atoms with Crippen molar-refractivity contribution in [2.24, 2.45) is 0 Å². The molecular formula is C13H12O. The van der Waals surface area contributed by atoms with Crippen LogP contribution in [0.4, 0.5) is 0 Å². The standard InChI is InChI=1S/C13H12O/c1-2-4-10(3-1)11-5-7-12(8-6-11)13-9-14-13/h1-8,10,13H,9H2/t13-/m1/s1. The Morgan fingerprint density at radius 2 is 1.50 bits per heavy atom. The number of hydrogen-bond acceptors (Lipinski definition) is 1. The molecule has 0 saturated carbocycles. The highest BCUT2D eigenvalue weighted by molar-refractivity contribution is 5.37. The zero-order chi connectivity index (χ0) is 9.38. The van der Waals surface area contributed by atoms with Crippen molar-refractivity contribution in [1.29, 1.82) is 0 Å². The van der Waals surface area contributed by atoms with Crippen LogP contribution in [0.1, 0.15) is 23.1 Å². The molecule has 0 radical (unpaired) electrons. The van der Waals surface area contributed by atoms with Crippen LogP contribution in [0.5, 0.6) is 0 Å². The van der Waals surface area contributed by atoms with Crippen LogP contribution in [-0.2, 0) is 4.74 Å². The van der Waals surface area contributed by atoms with Gasteiger partial charge in [-0.25, -0.2) is 0 Å². The molecular weight excluding hydrogens is 172 g/mol. The molecule has 14 heavy (non-hydrogen) atoms. The minimum absolute atomic E-state index is 0.374. The van der Waals surface area contributed by atoms with Crippen molar-refractivity contribution in [1.82, 2.24) is 0 Å². The minimum atomic E-state index is 0.374. The molecule has 1 aliphatic heterocycles. The lowest BCUT2D eigenvalue weighted by Gasteiger charge is -2.05. The Bertz CT molecular complexity index is 370. The lowest BCUT2D eigenvalue weighted by Crippen LogP contribution is -1.89. The van der Waals surface area contributed by atoms with Gasteiger partial charge in [-0.05, 0) is 11.1 Å². The van der Waals surface area contributed by atoms with Crippen molar-refractivity contribution in [3.05, 3.63) is 59.7 Å². The summed E-state index contributed by atoms with van der Waals surface area (Å²) in [5.41, 5.74) is 2.67. The van der Waals surface area contributed by atoms with Crippen molar-refractivity contribution in [3.8, 4) is 0 Å². The summed E-state index contributed by atoms with van der Waals surface area (Å²) in [5, 5.41) is 0. The predicted molar refractivity (Wildman–Crippen MR) is 56.2 cm³/mol. The van der Waals surface area contributed by atoms with Gasteiger partial charge in [0.25, 0.3) is 0 Å². The smallest absolute Gasteiger partial charge is 0.106 e. The highest BCUT2D eigenvalue weighted by Crippen LogP contribution is 2.31. The van der Waals surface area contributed by atoms with Crippen LogP contribution < -0.4 is 0 Å². The maximum absolute atomic E-state index is 5.23. The lowest BCUT2D eigenvalue weighted by molar-refractivity contribution is 0.415. The van der Waals surface area contributed by atoms with Gasteiger partial charge in [-0.2, -0.15) is 0 Å². The minimum Gasteiger partial charge on any atom is -0.368 e. The van der Waals surface area contributed by atoms with Crippen LogP contribution in [0.25, 0.3) is 0 Å². The maximum Gasteiger partial charge on any atom is 0.106 e. The van der Waals surface area contributed by atoms with E-state index >= 15 is 0 Å². The molecule has 0 bridgehead atoms. The first-order valence-electron chi connectivity index (χ1n) is 5.00. The van der Waals surface area contributed by atoms with Gasteiger partial charge in [-0.1, -0.05) is 48.6 Å². The molecule has 1 saturated heterocycles. The first kappa shape index (κ1) is 8.01. The second kappa shape index (κ2) is 3.10. The quantitative estimate of drug-likeness (QED) is 0.644. The van der Waals surface area contributed by atoms with E-state index in [0.717, 1.165) is 6.61 Å². The van der Waals surface area contributed by atoms with E-state index in [1.165, 1.54) is 11.1 Å². The van der Waals surface area contributed by atoms with Crippen molar-refractivity contribution < 1.29 is 4.74 Å². The Hall–Kier alpha value is -1.34. The summed E-state index contributed by atoms with van der Waals surface area (Å²) < 4.78 is 5.23. The Morgan fingerprint density at radius 3 is 2.07 bits per heavy atom. The van der Waals surface area contributed by atoms with Crippen molar-refractivity contribution >= 4 is 0 Å². The van der Waals surface area contributed by atoms with E-state index in [1.54, 1.807) is 0 Å². The van der Waals surface area contributed by atoms with E-state index in [4.69, 9.17) is 4.74 Å². The third-order valence-electron chi connectivity index (χ3n) is 2.77. The Kier molecular flexibility index (Phi) is 1.78. The van der Waals surface area contributed by atoms with Gasteiger partial charge in [0.15, 0.2) is 0 Å². The molecule has 1 heteroatoms. The monoisotopic (exact) mass is 184 g/mol. The summed E-state index contributed by atoms with van der Waals surface area (Å²) in [6, 6.07) is 8.74. The molecule has 0 N–H and O–H groups in total. The predicted octanol–water partition coefficient (Wildman–Crippen LogP) is 2.97. The van der Waals surface area contributed by atoms with E-state index < -0.39 is 0 Å². The van der Waals surface area contributed by atoms with Gasteiger partial charge in [0, 0.05) is 5.92 Å². The molecule has 0 amide bonds. The van der Waals surface area contributed by atoms with Crippen molar-refractivity contribution in [2.75, 3.05) is 6.61 Å². The second-order valence-electron chi connectivity index (χ2n) is 3.78. The van der Waals surface area contributed by atoms with Gasteiger partial charge in [0.05, 0.1) is 6.61 Å². The molecule has 1 aliphatic carbocycles. The number of epoxide rings is 1. The molecule has 0 aromatic heterocycles. The summed E-state index contributed by atoms with van der Waals surface area (Å²) in [5.74, 6) is 0.476. The molecule has 1 aromatic rings. The molecule has 1 fully saturated rings. The Labute approximate surface area is 83.7 Å². The molecule has 1 nitrogen and oxygen atoms in total. The SMILES string of the molecule is C1=CC(c2ccc([C@H]3CO3)cc2)C=C1. The summed E-state index contributed by atoms with van der Waals surface area (Å²) in [6.07, 6.45) is 9.00. The summed E-state index contributed by atoms with van der Waals surface area (Å²) in [7, 11) is 0. The molecule has 3 rings (SSSR count). The van der Waals surface area contributed by atoms with Gasteiger partial charge in [-0.15, -0.1) is 0 Å². The fraction of sp³-hybridized carbons (Fsp3) is 0.231. The number of allylic oxidation sites excluding steroid dienone is 4. The van der Waals surface area contributed by atoms with Crippen molar-refractivity contribution in [2.45, 2.75) is 12.0 Å². The molecule has 2 aliphatic rings. The third-order valence-corrected chi connectivity index (χ3v) is 2.77. The highest BCUT2D eigenvalue weighted by Gasteiger charge is 2.24. The normalized spacial score (nSPS) is 24.4. The van der Waals surface area contributed by atoms with E-state index in [9.17, 15) is 0 Å². The van der Waals surface area contributed by atoms with Crippen LogP contribution in [0.15, 0.2) is 48.6 Å². The Morgan fingerprint density at radius 1 is 0.929 bits per heavy atom. The zero-order valence-electron chi connectivity index (χ0n) is 7.89. The molecule has 0 unspecified atom stereocenters. The Balaban J connectivity index is 1.85. The molecule has 1 aromatic carbocycles. The first-order valence-corrected chi connectivity index (χ1v) is 5.00. The molecule has 1 atom stereocenters. The molecule has 70 valence electrons. The molecule has 0 spiro atoms. The zero-order valence-corrected chi connectivity index (χ0v) is 7.89. The van der Waals surface area contributed by atoms with Crippen LogP contribution in [0.2, 0.25) is 0 Å². The average molecular weight is 184 g/mol. The van der Waals surface area contributed by atoms with Gasteiger partial charge in [-0.3, -0.25) is 0 Å². The largest absolute Gasteiger partial charge is 0.368 e. The average Bonchev–Trinajstić information content (AvgIpc) is 2.94. The van der Waals surface area contributed by atoms with Crippen LogP contribution in [0.3, 0.4) is 0 Å². The van der Waals surface area contributed by atoms with Gasteiger partial charge >= 0.3 is 0 Å². The van der Waals surface area contributed by atoms with E-state index in [2.05, 4.69) is 48.6 Å². The van der Waals surface area contributed by atoms with Crippen molar-refractivity contribution in [3.63, 3.8) is 0 Å². The highest BCUT2D eigenvalue weighted by atomic mass is 16.6.